The molecule has 0 N–H and O–H groups in total. The van der Waals surface area contributed by atoms with Gasteiger partial charge in [0.25, 0.3) is 0 Å². The van der Waals surface area contributed by atoms with Crippen molar-refractivity contribution in [3.63, 3.8) is 0 Å². The molecule has 0 fully saturated rings. The lowest BCUT2D eigenvalue weighted by Gasteiger charge is -2.50. The maximum absolute atomic E-state index is 5.00. The Morgan fingerprint density at radius 2 is 1.35 bits per heavy atom. The standard InChI is InChI=1S/C21H19N5/c1-24-14-12-21(13-15-24)16-25-19(17-8-4-2-5-9-17)23-26(21)20(22-25)18-10-6-3-7-11-18/h2-15H,16H2,1H3. The zero-order valence-electron chi connectivity index (χ0n) is 14.5. The van der Waals surface area contributed by atoms with Gasteiger partial charge < -0.3 is 4.90 Å². The van der Waals surface area contributed by atoms with E-state index in [1.54, 1.807) is 0 Å². The van der Waals surface area contributed by atoms with E-state index in [0.717, 1.165) is 29.3 Å². The van der Waals surface area contributed by atoms with Crippen LogP contribution in [0.2, 0.25) is 0 Å². The summed E-state index contributed by atoms with van der Waals surface area (Å²) in [5.74, 6) is 1.76. The van der Waals surface area contributed by atoms with E-state index in [0.29, 0.717) is 0 Å². The minimum atomic E-state index is -0.322. The van der Waals surface area contributed by atoms with Crippen molar-refractivity contribution >= 4 is 11.7 Å². The number of amidine groups is 2. The van der Waals surface area contributed by atoms with Crippen LogP contribution in [0.5, 0.6) is 0 Å². The SMILES string of the molecule is CN1C=CC2(C=C1)CN1N=C(c3ccccc3)N2N=C1c1ccccc1. The molecule has 4 aliphatic heterocycles. The Kier molecular flexibility index (Phi) is 3.22. The van der Waals surface area contributed by atoms with Crippen LogP contribution in [0, 0.1) is 0 Å². The summed E-state index contributed by atoms with van der Waals surface area (Å²) in [5, 5.41) is 14.0. The first-order valence-corrected chi connectivity index (χ1v) is 8.72. The fraction of sp³-hybridized carbons (Fsp3) is 0.143. The van der Waals surface area contributed by atoms with Crippen molar-refractivity contribution < 1.29 is 0 Å². The average Bonchev–Trinajstić information content (AvgIpc) is 2.71. The molecule has 4 heterocycles. The molecule has 5 nitrogen and oxygen atoms in total. The van der Waals surface area contributed by atoms with Crippen molar-refractivity contribution in [3.8, 4) is 0 Å². The maximum Gasteiger partial charge on any atom is 0.177 e. The van der Waals surface area contributed by atoms with Crippen LogP contribution in [-0.2, 0) is 0 Å². The number of hydrogen-bond donors (Lipinski definition) is 0. The van der Waals surface area contributed by atoms with Gasteiger partial charge in [-0.15, -0.1) is 5.10 Å². The second kappa shape index (κ2) is 5.59. The van der Waals surface area contributed by atoms with Gasteiger partial charge in [0.1, 0.15) is 5.54 Å². The first kappa shape index (κ1) is 15.0. The molecule has 2 aromatic carbocycles. The van der Waals surface area contributed by atoms with Gasteiger partial charge in [0.15, 0.2) is 11.7 Å². The molecule has 0 saturated heterocycles. The lowest BCUT2D eigenvalue weighted by atomic mass is 9.92. The third-order valence-corrected chi connectivity index (χ3v) is 4.91. The third-order valence-electron chi connectivity index (χ3n) is 4.91. The van der Waals surface area contributed by atoms with E-state index in [9.17, 15) is 0 Å². The zero-order valence-corrected chi connectivity index (χ0v) is 14.5. The molecule has 128 valence electrons. The molecule has 6 rings (SSSR count). The second-order valence-electron chi connectivity index (χ2n) is 6.74. The number of rotatable bonds is 2. The molecule has 0 aromatic heterocycles. The van der Waals surface area contributed by atoms with Crippen LogP contribution in [-0.4, -0.2) is 45.7 Å². The highest BCUT2D eigenvalue weighted by Gasteiger charge is 2.47. The van der Waals surface area contributed by atoms with Crippen LogP contribution < -0.4 is 0 Å². The molecule has 4 aliphatic rings. The minimum absolute atomic E-state index is 0.322. The van der Waals surface area contributed by atoms with Gasteiger partial charge in [-0.2, -0.15) is 5.10 Å². The smallest absolute Gasteiger partial charge is 0.177 e. The van der Waals surface area contributed by atoms with Gasteiger partial charge in [-0.25, -0.2) is 10.0 Å². The topological polar surface area (TPSA) is 34.4 Å². The number of benzene rings is 2. The molecule has 26 heavy (non-hydrogen) atoms. The zero-order chi connectivity index (χ0) is 17.6. The second-order valence-corrected chi connectivity index (χ2v) is 6.74. The quantitative estimate of drug-likeness (QED) is 0.842. The van der Waals surface area contributed by atoms with Crippen molar-refractivity contribution in [2.24, 2.45) is 10.2 Å². The van der Waals surface area contributed by atoms with E-state index in [-0.39, 0.29) is 5.54 Å². The molecule has 2 aromatic rings. The lowest BCUT2D eigenvalue weighted by molar-refractivity contribution is 0.165. The predicted molar refractivity (Wildman–Crippen MR) is 103 cm³/mol. The molecule has 5 heteroatoms. The third kappa shape index (κ3) is 2.24. The first-order chi connectivity index (χ1) is 12.8. The minimum Gasteiger partial charge on any atom is -0.358 e. The average molecular weight is 341 g/mol. The summed E-state index contributed by atoms with van der Waals surface area (Å²) < 4.78 is 0. The largest absolute Gasteiger partial charge is 0.358 e. The number of nitrogens with zero attached hydrogens (tertiary/aromatic N) is 5. The van der Waals surface area contributed by atoms with Crippen LogP contribution in [0.4, 0.5) is 0 Å². The summed E-state index contributed by atoms with van der Waals surface area (Å²) in [5.41, 5.74) is 1.81. The molecule has 1 spiro atoms. The predicted octanol–water partition coefficient (Wildman–Crippen LogP) is 3.05. The van der Waals surface area contributed by atoms with Crippen molar-refractivity contribution in [2.45, 2.75) is 5.54 Å². The van der Waals surface area contributed by atoms with Crippen molar-refractivity contribution in [1.29, 1.82) is 0 Å². The highest BCUT2D eigenvalue weighted by molar-refractivity contribution is 6.07. The summed E-state index contributed by atoms with van der Waals surface area (Å²) in [6.45, 7) is 0.734. The van der Waals surface area contributed by atoms with Gasteiger partial charge in [-0.1, -0.05) is 60.7 Å². The van der Waals surface area contributed by atoms with E-state index in [1.165, 1.54) is 0 Å². The molecule has 0 radical (unpaired) electrons. The molecular formula is C21H19N5. The van der Waals surface area contributed by atoms with Crippen LogP contribution in [0.25, 0.3) is 0 Å². The molecule has 0 amide bonds. The van der Waals surface area contributed by atoms with Gasteiger partial charge in [-0.05, 0) is 12.2 Å². The Morgan fingerprint density at radius 3 is 1.92 bits per heavy atom. The summed E-state index contributed by atoms with van der Waals surface area (Å²) in [6, 6.07) is 20.5. The van der Waals surface area contributed by atoms with Crippen LogP contribution in [0.1, 0.15) is 11.1 Å². The Labute approximate surface area is 152 Å². The van der Waals surface area contributed by atoms with E-state index >= 15 is 0 Å². The fourth-order valence-corrected chi connectivity index (χ4v) is 3.51. The van der Waals surface area contributed by atoms with E-state index in [1.807, 2.05) is 53.4 Å². The van der Waals surface area contributed by atoms with Crippen molar-refractivity contribution in [1.82, 2.24) is 14.9 Å². The van der Waals surface area contributed by atoms with Crippen molar-refractivity contribution in [2.75, 3.05) is 13.6 Å². The molecule has 0 atom stereocenters. The first-order valence-electron chi connectivity index (χ1n) is 8.72. The van der Waals surface area contributed by atoms with E-state index < -0.39 is 0 Å². The molecular weight excluding hydrogens is 322 g/mol. The normalized spacial score (nSPS) is 19.8. The van der Waals surface area contributed by atoms with Gasteiger partial charge in [0.05, 0.1) is 6.54 Å². The fourth-order valence-electron chi connectivity index (χ4n) is 3.51. The monoisotopic (exact) mass is 341 g/mol. The Morgan fingerprint density at radius 1 is 0.769 bits per heavy atom. The van der Waals surface area contributed by atoms with E-state index in [4.69, 9.17) is 10.2 Å². The lowest BCUT2D eigenvalue weighted by Crippen LogP contribution is -2.63. The van der Waals surface area contributed by atoms with Crippen LogP contribution >= 0.6 is 0 Å². The maximum atomic E-state index is 5.00. The molecule has 0 aliphatic carbocycles. The molecule has 0 unspecified atom stereocenters. The van der Waals surface area contributed by atoms with Gasteiger partial charge in [-0.3, -0.25) is 0 Å². The van der Waals surface area contributed by atoms with E-state index in [2.05, 4.69) is 53.8 Å². The Hall–Kier alpha value is -3.34. The van der Waals surface area contributed by atoms with Crippen LogP contribution in [0.3, 0.4) is 0 Å². The number of hydrazone groups is 2. The van der Waals surface area contributed by atoms with Gasteiger partial charge in [0.2, 0.25) is 0 Å². The molecule has 2 bridgehead atoms. The van der Waals surface area contributed by atoms with Gasteiger partial charge in [0, 0.05) is 30.6 Å². The summed E-state index contributed by atoms with van der Waals surface area (Å²) in [6.07, 6.45) is 8.57. The Balaban J connectivity index is 1.64. The van der Waals surface area contributed by atoms with Crippen LogP contribution in [0.15, 0.2) is 95.4 Å². The summed E-state index contributed by atoms with van der Waals surface area (Å²) in [7, 11) is 2.03. The highest BCUT2D eigenvalue weighted by atomic mass is 15.7. The highest BCUT2D eigenvalue weighted by Crippen LogP contribution is 2.35. The van der Waals surface area contributed by atoms with Gasteiger partial charge >= 0.3 is 0 Å². The number of hydrogen-bond acceptors (Lipinski definition) is 5. The Bertz CT molecular complexity index is 929. The molecule has 0 saturated carbocycles. The summed E-state index contributed by atoms with van der Waals surface area (Å²) in [4.78, 5) is 2.05. The summed E-state index contributed by atoms with van der Waals surface area (Å²) >= 11 is 0. The van der Waals surface area contributed by atoms with Crippen molar-refractivity contribution in [3.05, 3.63) is 96.3 Å².